The monoisotopic (exact) mass is 334 g/mol. The summed E-state index contributed by atoms with van der Waals surface area (Å²) in [4.78, 5) is 35.1. The minimum Gasteiger partial charge on any atom is -0.373 e. The van der Waals surface area contributed by atoms with Gasteiger partial charge in [0.25, 0.3) is 11.5 Å². The second-order valence-corrected chi connectivity index (χ2v) is 7.35. The fourth-order valence-electron chi connectivity index (χ4n) is 3.34. The molecule has 1 amide bonds. The zero-order valence-corrected chi connectivity index (χ0v) is 13.9. The maximum Gasteiger partial charge on any atom is 0.271 e. The Kier molecular flexibility index (Phi) is 3.47. The molecule has 0 aromatic carbocycles. The number of carbonyl (C=O) groups excluding carboxylic acids is 1. The Morgan fingerprint density at radius 3 is 3.04 bits per heavy atom. The van der Waals surface area contributed by atoms with Crippen molar-refractivity contribution in [3.8, 4) is 0 Å². The van der Waals surface area contributed by atoms with Crippen molar-refractivity contribution in [1.82, 2.24) is 19.2 Å². The van der Waals surface area contributed by atoms with Gasteiger partial charge in [0.15, 0.2) is 4.96 Å². The van der Waals surface area contributed by atoms with E-state index < -0.39 is 0 Å². The predicted octanol–water partition coefficient (Wildman–Crippen LogP) is 0.219. The molecule has 2 aromatic heterocycles. The van der Waals surface area contributed by atoms with Gasteiger partial charge in [0, 0.05) is 36.9 Å². The first-order valence-corrected chi connectivity index (χ1v) is 8.45. The van der Waals surface area contributed by atoms with E-state index in [2.05, 4.69) is 9.88 Å². The van der Waals surface area contributed by atoms with E-state index in [0.29, 0.717) is 24.7 Å². The quantitative estimate of drug-likeness (QED) is 0.746. The summed E-state index contributed by atoms with van der Waals surface area (Å²) in [6.07, 6.45) is 3.16. The lowest BCUT2D eigenvalue weighted by Crippen LogP contribution is -2.48. The van der Waals surface area contributed by atoms with Gasteiger partial charge in [-0.1, -0.05) is 0 Å². The number of fused-ring (bicyclic) bond motifs is 2. The molecule has 4 heterocycles. The number of amides is 1. The highest BCUT2D eigenvalue weighted by Gasteiger charge is 2.41. The Morgan fingerprint density at radius 2 is 2.26 bits per heavy atom. The molecule has 2 saturated heterocycles. The van der Waals surface area contributed by atoms with Crippen molar-refractivity contribution in [3.63, 3.8) is 0 Å². The number of likely N-dealkylation sites (tertiary alicyclic amines) is 1. The molecule has 0 bridgehead atoms. The minimum absolute atomic E-state index is 0.0283. The lowest BCUT2D eigenvalue weighted by atomic mass is 10.1. The van der Waals surface area contributed by atoms with Gasteiger partial charge in [-0.25, -0.2) is 4.98 Å². The van der Waals surface area contributed by atoms with Crippen LogP contribution < -0.4 is 5.56 Å². The normalized spacial score (nSPS) is 25.0. The number of carbonyl (C=O) groups is 1. The van der Waals surface area contributed by atoms with Crippen LogP contribution in [0.2, 0.25) is 0 Å². The van der Waals surface area contributed by atoms with Gasteiger partial charge < -0.3 is 9.64 Å². The summed E-state index contributed by atoms with van der Waals surface area (Å²) >= 11 is 1.44. The number of thiazole rings is 1. The third-order valence-electron chi connectivity index (χ3n) is 4.62. The van der Waals surface area contributed by atoms with Gasteiger partial charge in [-0.15, -0.1) is 11.3 Å². The summed E-state index contributed by atoms with van der Waals surface area (Å²) in [5.41, 5.74) is -0.171. The number of hydrogen-bond acceptors (Lipinski definition) is 6. The first-order valence-electron chi connectivity index (χ1n) is 7.63. The van der Waals surface area contributed by atoms with Crippen molar-refractivity contribution < 1.29 is 9.53 Å². The minimum atomic E-state index is -0.298. The second-order valence-electron chi connectivity index (χ2n) is 6.14. The summed E-state index contributed by atoms with van der Waals surface area (Å²) in [5, 5.41) is 0. The van der Waals surface area contributed by atoms with Crippen molar-refractivity contribution in [3.05, 3.63) is 33.2 Å². The van der Waals surface area contributed by atoms with E-state index in [9.17, 15) is 9.59 Å². The molecule has 2 aromatic rings. The van der Waals surface area contributed by atoms with Crippen LogP contribution >= 0.6 is 11.3 Å². The number of likely N-dealkylation sites (N-methyl/N-ethyl adjacent to an activating group) is 1. The van der Waals surface area contributed by atoms with E-state index in [1.807, 2.05) is 14.0 Å². The number of rotatable bonds is 1. The van der Waals surface area contributed by atoms with Gasteiger partial charge in [-0.05, 0) is 14.0 Å². The topological polar surface area (TPSA) is 67.2 Å². The Hall–Kier alpha value is -1.77. The van der Waals surface area contributed by atoms with Crippen molar-refractivity contribution in [2.75, 3.05) is 33.3 Å². The summed E-state index contributed by atoms with van der Waals surface area (Å²) in [6, 6.07) is 0.204. The summed E-state index contributed by atoms with van der Waals surface area (Å²) in [6.45, 7) is 4.58. The van der Waals surface area contributed by atoms with E-state index >= 15 is 0 Å². The van der Waals surface area contributed by atoms with Gasteiger partial charge in [-0.3, -0.25) is 18.9 Å². The standard InChI is InChI=1S/C15H18N4O3S/c1-9-6-19-14(21)10(5-16-15(19)23-9)13(20)18-7-11-12(8-18)22-4-3-17(11)2/h5-6,11-12H,3-4,7-8H2,1-2H3/t11-,12-/m1/s1. The molecule has 0 saturated carbocycles. The number of nitrogens with zero attached hydrogens (tertiary/aromatic N) is 4. The van der Waals surface area contributed by atoms with Crippen LogP contribution in [0.1, 0.15) is 15.2 Å². The first-order chi connectivity index (χ1) is 11.0. The fraction of sp³-hybridized carbons (Fsp3) is 0.533. The highest BCUT2D eigenvalue weighted by molar-refractivity contribution is 7.16. The van der Waals surface area contributed by atoms with Crippen LogP contribution in [0, 0.1) is 6.92 Å². The molecule has 0 radical (unpaired) electrons. The maximum absolute atomic E-state index is 12.8. The molecular weight excluding hydrogens is 316 g/mol. The number of aromatic nitrogens is 2. The van der Waals surface area contributed by atoms with Crippen LogP contribution in [0.5, 0.6) is 0 Å². The van der Waals surface area contributed by atoms with Crippen LogP contribution in [0.25, 0.3) is 4.96 Å². The van der Waals surface area contributed by atoms with Crippen molar-refractivity contribution in [1.29, 1.82) is 0 Å². The van der Waals surface area contributed by atoms with E-state index in [1.54, 1.807) is 11.1 Å². The van der Waals surface area contributed by atoms with Crippen LogP contribution in [-0.2, 0) is 4.74 Å². The van der Waals surface area contributed by atoms with Gasteiger partial charge in [0.05, 0.1) is 18.8 Å². The second kappa shape index (κ2) is 5.40. The fourth-order valence-corrected chi connectivity index (χ4v) is 4.12. The molecule has 0 unspecified atom stereocenters. The van der Waals surface area contributed by atoms with Gasteiger partial charge in [-0.2, -0.15) is 0 Å². The number of ether oxygens (including phenoxy) is 1. The third kappa shape index (κ3) is 2.37. The molecule has 7 nitrogen and oxygen atoms in total. The van der Waals surface area contributed by atoms with Gasteiger partial charge in [0.1, 0.15) is 5.56 Å². The third-order valence-corrected chi connectivity index (χ3v) is 5.53. The Labute approximate surface area is 137 Å². The smallest absolute Gasteiger partial charge is 0.271 e. The molecule has 122 valence electrons. The average molecular weight is 334 g/mol. The molecule has 23 heavy (non-hydrogen) atoms. The van der Waals surface area contributed by atoms with E-state index in [-0.39, 0.29) is 29.2 Å². The number of hydrogen-bond donors (Lipinski definition) is 0. The summed E-state index contributed by atoms with van der Waals surface area (Å²) < 4.78 is 7.22. The number of aryl methyl sites for hydroxylation is 1. The van der Waals surface area contributed by atoms with Crippen LogP contribution in [0.3, 0.4) is 0 Å². The molecule has 2 aliphatic rings. The molecule has 0 aliphatic carbocycles. The molecule has 2 atom stereocenters. The van der Waals surface area contributed by atoms with Crippen LogP contribution in [0.15, 0.2) is 17.2 Å². The molecule has 2 fully saturated rings. The lowest BCUT2D eigenvalue weighted by molar-refractivity contribution is -0.0368. The summed E-state index contributed by atoms with van der Waals surface area (Å²) in [5.74, 6) is -0.257. The number of morpholine rings is 1. The van der Waals surface area contributed by atoms with Crippen molar-refractivity contribution >= 4 is 22.2 Å². The highest BCUT2D eigenvalue weighted by Crippen LogP contribution is 2.23. The highest BCUT2D eigenvalue weighted by atomic mass is 32.1. The first kappa shape index (κ1) is 14.8. The largest absolute Gasteiger partial charge is 0.373 e. The average Bonchev–Trinajstić information content (AvgIpc) is 3.11. The SMILES string of the molecule is Cc1cn2c(=O)c(C(=O)N3C[C@@H]4[C@@H](C3)OCCN4C)cnc2s1. The van der Waals surface area contributed by atoms with Crippen LogP contribution in [0.4, 0.5) is 0 Å². The van der Waals surface area contributed by atoms with Crippen molar-refractivity contribution in [2.45, 2.75) is 19.1 Å². The zero-order chi connectivity index (χ0) is 16.1. The van der Waals surface area contributed by atoms with Gasteiger partial charge >= 0.3 is 0 Å². The lowest BCUT2D eigenvalue weighted by Gasteiger charge is -2.33. The zero-order valence-electron chi connectivity index (χ0n) is 13.1. The molecule has 0 spiro atoms. The Bertz CT molecular complexity index is 830. The summed E-state index contributed by atoms with van der Waals surface area (Å²) in [7, 11) is 2.05. The maximum atomic E-state index is 12.8. The van der Waals surface area contributed by atoms with Crippen molar-refractivity contribution in [2.24, 2.45) is 0 Å². The Morgan fingerprint density at radius 1 is 1.43 bits per heavy atom. The molecule has 2 aliphatic heterocycles. The van der Waals surface area contributed by atoms with Gasteiger partial charge in [0.2, 0.25) is 0 Å². The Balaban J connectivity index is 1.65. The van der Waals surface area contributed by atoms with E-state index in [0.717, 1.165) is 11.4 Å². The van der Waals surface area contributed by atoms with E-state index in [4.69, 9.17) is 4.74 Å². The van der Waals surface area contributed by atoms with E-state index in [1.165, 1.54) is 21.9 Å². The molecular formula is C15H18N4O3S. The van der Waals surface area contributed by atoms with Crippen LogP contribution in [-0.4, -0.2) is 70.5 Å². The molecule has 0 N–H and O–H groups in total. The molecule has 8 heteroatoms. The predicted molar refractivity (Wildman–Crippen MR) is 86.1 cm³/mol. The molecule has 4 rings (SSSR count).